The molecule has 0 radical (unpaired) electrons. The van der Waals surface area contributed by atoms with Crippen molar-refractivity contribution in [2.75, 3.05) is 0 Å². The van der Waals surface area contributed by atoms with E-state index in [1.165, 1.54) is 18.6 Å². The first-order chi connectivity index (χ1) is 14.8. The zero-order valence-corrected chi connectivity index (χ0v) is 18.8. The van der Waals surface area contributed by atoms with Crippen LogP contribution in [0.25, 0.3) is 0 Å². The Hall–Kier alpha value is -2.69. The molecule has 3 rings (SSSR count). The van der Waals surface area contributed by atoms with E-state index in [2.05, 4.69) is 5.32 Å². The first-order valence-corrected chi connectivity index (χ1v) is 11.2. The summed E-state index contributed by atoms with van der Waals surface area (Å²) in [6.45, 7) is 6.04. The minimum Gasteiger partial charge on any atom is -0.352 e. The molecule has 0 saturated heterocycles. The Morgan fingerprint density at radius 3 is 2.42 bits per heavy atom. The monoisotopic (exact) mass is 424 g/mol. The third-order valence-electron chi connectivity index (χ3n) is 6.23. The lowest BCUT2D eigenvalue weighted by Gasteiger charge is -2.31. The molecule has 1 atom stereocenters. The van der Waals surface area contributed by atoms with Crippen molar-refractivity contribution < 1.29 is 14.0 Å². The molecule has 2 amide bonds. The van der Waals surface area contributed by atoms with Gasteiger partial charge in [-0.2, -0.15) is 0 Å². The second kappa shape index (κ2) is 10.6. The highest BCUT2D eigenvalue weighted by Crippen LogP contribution is 2.19. The summed E-state index contributed by atoms with van der Waals surface area (Å²) in [6, 6.07) is 11.7. The van der Waals surface area contributed by atoms with Crippen molar-refractivity contribution in [2.45, 2.75) is 77.9 Å². The van der Waals surface area contributed by atoms with Gasteiger partial charge >= 0.3 is 0 Å². The van der Waals surface area contributed by atoms with E-state index in [1.54, 1.807) is 24.0 Å². The van der Waals surface area contributed by atoms with E-state index < -0.39 is 6.04 Å². The van der Waals surface area contributed by atoms with Gasteiger partial charge < -0.3 is 10.2 Å². The Morgan fingerprint density at radius 1 is 1.06 bits per heavy atom. The Bertz CT molecular complexity index is 904. The van der Waals surface area contributed by atoms with Crippen LogP contribution in [-0.2, 0) is 22.6 Å². The highest BCUT2D eigenvalue weighted by molar-refractivity contribution is 5.88. The van der Waals surface area contributed by atoms with E-state index in [0.717, 1.165) is 47.9 Å². The van der Waals surface area contributed by atoms with E-state index in [0.29, 0.717) is 0 Å². The Kier molecular flexibility index (Phi) is 7.83. The number of halogens is 1. The van der Waals surface area contributed by atoms with Gasteiger partial charge in [-0.15, -0.1) is 0 Å². The van der Waals surface area contributed by atoms with Crippen LogP contribution in [0.5, 0.6) is 0 Å². The van der Waals surface area contributed by atoms with Gasteiger partial charge in [-0.25, -0.2) is 4.39 Å². The molecule has 1 aliphatic rings. The molecule has 4 nitrogen and oxygen atoms in total. The molecule has 166 valence electrons. The number of carbonyl (C=O) groups excluding carboxylic acids is 2. The van der Waals surface area contributed by atoms with Crippen molar-refractivity contribution >= 4 is 11.8 Å². The number of carbonyl (C=O) groups is 2. The highest BCUT2D eigenvalue weighted by Gasteiger charge is 2.28. The molecule has 0 aromatic heterocycles. The molecule has 1 N–H and O–H groups in total. The number of nitrogens with one attached hydrogen (secondary N) is 1. The number of rotatable bonds is 7. The molecule has 1 fully saturated rings. The van der Waals surface area contributed by atoms with Crippen LogP contribution < -0.4 is 5.32 Å². The minimum absolute atomic E-state index is 0.107. The fourth-order valence-electron chi connectivity index (χ4n) is 4.19. The molecule has 0 aliphatic heterocycles. The molecule has 0 heterocycles. The second-order valence-corrected chi connectivity index (χ2v) is 8.77. The van der Waals surface area contributed by atoms with Crippen LogP contribution in [0.2, 0.25) is 0 Å². The summed E-state index contributed by atoms with van der Waals surface area (Å²) in [6.07, 6.45) is 5.69. The average Bonchev–Trinajstić information content (AvgIpc) is 2.76. The van der Waals surface area contributed by atoms with Crippen LogP contribution in [0.3, 0.4) is 0 Å². The van der Waals surface area contributed by atoms with Gasteiger partial charge in [0, 0.05) is 12.6 Å². The van der Waals surface area contributed by atoms with E-state index in [-0.39, 0.29) is 36.6 Å². The molecule has 31 heavy (non-hydrogen) atoms. The Labute approximate surface area is 184 Å². The molecular formula is C26H33FN2O2. The van der Waals surface area contributed by atoms with Crippen molar-refractivity contribution in [3.05, 3.63) is 70.5 Å². The lowest BCUT2D eigenvalue weighted by molar-refractivity contribution is -0.140. The molecule has 1 aliphatic carbocycles. The normalized spacial score (nSPS) is 15.4. The summed E-state index contributed by atoms with van der Waals surface area (Å²) in [4.78, 5) is 28.0. The zero-order chi connectivity index (χ0) is 22.4. The van der Waals surface area contributed by atoms with E-state index >= 15 is 0 Å². The number of benzene rings is 2. The van der Waals surface area contributed by atoms with Crippen LogP contribution >= 0.6 is 0 Å². The fourth-order valence-corrected chi connectivity index (χ4v) is 4.19. The third-order valence-corrected chi connectivity index (χ3v) is 6.23. The van der Waals surface area contributed by atoms with Gasteiger partial charge in [0.05, 0.1) is 6.42 Å². The van der Waals surface area contributed by atoms with Gasteiger partial charge in [-0.05, 0) is 62.4 Å². The van der Waals surface area contributed by atoms with Crippen LogP contribution in [0.1, 0.15) is 61.3 Å². The largest absolute Gasteiger partial charge is 0.352 e. The average molecular weight is 425 g/mol. The number of aryl methyl sites for hydroxylation is 2. The van der Waals surface area contributed by atoms with Gasteiger partial charge in [0.25, 0.3) is 0 Å². The summed E-state index contributed by atoms with van der Waals surface area (Å²) < 4.78 is 13.4. The lowest BCUT2D eigenvalue weighted by atomic mass is 9.95. The smallest absolute Gasteiger partial charge is 0.242 e. The molecule has 2 aromatic carbocycles. The molecule has 0 unspecified atom stereocenters. The van der Waals surface area contributed by atoms with Gasteiger partial charge in [0.15, 0.2) is 0 Å². The van der Waals surface area contributed by atoms with Crippen molar-refractivity contribution in [3.63, 3.8) is 0 Å². The molecular weight excluding hydrogens is 391 g/mol. The van der Waals surface area contributed by atoms with Crippen molar-refractivity contribution in [3.8, 4) is 0 Å². The highest BCUT2D eigenvalue weighted by atomic mass is 19.1. The molecule has 5 heteroatoms. The van der Waals surface area contributed by atoms with Gasteiger partial charge in [0.2, 0.25) is 11.8 Å². The summed E-state index contributed by atoms with van der Waals surface area (Å²) in [7, 11) is 0. The Morgan fingerprint density at radius 2 is 1.74 bits per heavy atom. The standard InChI is InChI=1S/C26H33FN2O2/c1-18-9-10-19(2)22(15-18)16-25(30)29(17-21-11-13-23(27)14-12-21)20(3)26(31)28-24-7-5-4-6-8-24/h9-15,20,24H,4-8,16-17H2,1-3H3,(H,28,31)/t20-/m1/s1. The number of amides is 2. The van der Waals surface area contributed by atoms with Gasteiger partial charge in [-0.3, -0.25) is 9.59 Å². The second-order valence-electron chi connectivity index (χ2n) is 8.77. The molecule has 0 spiro atoms. The topological polar surface area (TPSA) is 49.4 Å². The minimum atomic E-state index is -0.607. The van der Waals surface area contributed by atoms with Crippen LogP contribution in [0.15, 0.2) is 42.5 Å². The van der Waals surface area contributed by atoms with Crippen molar-refractivity contribution in [1.82, 2.24) is 10.2 Å². The molecule has 2 aromatic rings. The van der Waals surface area contributed by atoms with E-state index in [9.17, 15) is 14.0 Å². The lowest BCUT2D eigenvalue weighted by Crippen LogP contribution is -2.50. The van der Waals surface area contributed by atoms with E-state index in [4.69, 9.17) is 0 Å². The summed E-state index contributed by atoms with van der Waals surface area (Å²) in [5.41, 5.74) is 3.92. The quantitative estimate of drug-likeness (QED) is 0.691. The first-order valence-electron chi connectivity index (χ1n) is 11.2. The predicted molar refractivity (Wildman–Crippen MR) is 121 cm³/mol. The number of nitrogens with zero attached hydrogens (tertiary/aromatic N) is 1. The SMILES string of the molecule is Cc1ccc(C)c(CC(=O)N(Cc2ccc(F)cc2)[C@H](C)C(=O)NC2CCCCC2)c1. The van der Waals surface area contributed by atoms with Crippen molar-refractivity contribution in [1.29, 1.82) is 0 Å². The van der Waals surface area contributed by atoms with Gasteiger partial charge in [-0.1, -0.05) is 55.2 Å². The number of hydrogen-bond donors (Lipinski definition) is 1. The zero-order valence-electron chi connectivity index (χ0n) is 18.8. The maximum Gasteiger partial charge on any atom is 0.242 e. The Balaban J connectivity index is 1.78. The summed E-state index contributed by atoms with van der Waals surface area (Å²) in [5.74, 6) is -0.548. The van der Waals surface area contributed by atoms with Gasteiger partial charge in [0.1, 0.15) is 11.9 Å². The van der Waals surface area contributed by atoms with E-state index in [1.807, 2.05) is 32.0 Å². The summed E-state index contributed by atoms with van der Waals surface area (Å²) in [5, 5.41) is 3.14. The number of hydrogen-bond acceptors (Lipinski definition) is 2. The fraction of sp³-hybridized carbons (Fsp3) is 0.462. The van der Waals surface area contributed by atoms with Crippen LogP contribution in [0, 0.1) is 19.7 Å². The predicted octanol–water partition coefficient (Wildman–Crippen LogP) is 4.85. The first kappa shape index (κ1) is 23.0. The maximum atomic E-state index is 13.4. The molecule has 0 bridgehead atoms. The van der Waals surface area contributed by atoms with Crippen LogP contribution in [-0.4, -0.2) is 28.8 Å². The third kappa shape index (κ3) is 6.39. The maximum absolute atomic E-state index is 13.4. The summed E-state index contributed by atoms with van der Waals surface area (Å²) >= 11 is 0. The molecule has 1 saturated carbocycles. The van der Waals surface area contributed by atoms with Crippen molar-refractivity contribution in [2.24, 2.45) is 0 Å². The van der Waals surface area contributed by atoms with Crippen LogP contribution in [0.4, 0.5) is 4.39 Å².